The number of ether oxygens (including phenoxy) is 1. The molecule has 0 bridgehead atoms. The van der Waals surface area contributed by atoms with Crippen molar-refractivity contribution in [1.29, 1.82) is 0 Å². The molecule has 0 saturated carbocycles. The minimum Gasteiger partial charge on any atom is -0.377 e. The van der Waals surface area contributed by atoms with Crippen molar-refractivity contribution in [1.82, 2.24) is 5.32 Å². The van der Waals surface area contributed by atoms with Crippen LogP contribution in [-0.4, -0.2) is 25.8 Å². The largest absolute Gasteiger partial charge is 0.377 e. The molecule has 0 spiro atoms. The zero-order valence-corrected chi connectivity index (χ0v) is 9.82. The van der Waals surface area contributed by atoms with E-state index in [-0.39, 0.29) is 0 Å². The first-order chi connectivity index (χ1) is 7.95. The van der Waals surface area contributed by atoms with Gasteiger partial charge < -0.3 is 10.1 Å². The van der Waals surface area contributed by atoms with Gasteiger partial charge in [0.2, 0.25) is 0 Å². The van der Waals surface area contributed by atoms with Crippen molar-refractivity contribution in [3.05, 3.63) is 35.9 Å². The summed E-state index contributed by atoms with van der Waals surface area (Å²) in [5.41, 5.74) is 1.41. The summed E-state index contributed by atoms with van der Waals surface area (Å²) in [7, 11) is 0. The van der Waals surface area contributed by atoms with Gasteiger partial charge in [0.1, 0.15) is 0 Å². The summed E-state index contributed by atoms with van der Waals surface area (Å²) in [5.74, 6) is 0. The number of rotatable bonds is 5. The molecule has 88 valence electrons. The number of hydrogen-bond acceptors (Lipinski definition) is 2. The molecule has 1 saturated heterocycles. The molecule has 16 heavy (non-hydrogen) atoms. The highest BCUT2D eigenvalue weighted by Crippen LogP contribution is 2.08. The van der Waals surface area contributed by atoms with Gasteiger partial charge in [0, 0.05) is 13.2 Å². The topological polar surface area (TPSA) is 21.3 Å². The molecule has 0 aliphatic carbocycles. The Kier molecular flexibility index (Phi) is 4.84. The number of aryl methyl sites for hydroxylation is 1. The van der Waals surface area contributed by atoms with Crippen LogP contribution in [0.3, 0.4) is 0 Å². The van der Waals surface area contributed by atoms with Crippen LogP contribution in [0, 0.1) is 0 Å². The first-order valence-electron chi connectivity index (χ1n) is 6.31. The maximum absolute atomic E-state index is 5.84. The smallest absolute Gasteiger partial charge is 0.0699 e. The summed E-state index contributed by atoms with van der Waals surface area (Å²) in [6, 6.07) is 10.6. The Morgan fingerprint density at radius 2 is 2.12 bits per heavy atom. The van der Waals surface area contributed by atoms with Gasteiger partial charge in [-0.05, 0) is 37.8 Å². The second kappa shape index (κ2) is 6.66. The van der Waals surface area contributed by atoms with Gasteiger partial charge in [0.05, 0.1) is 6.10 Å². The van der Waals surface area contributed by atoms with Gasteiger partial charge in [-0.1, -0.05) is 30.3 Å². The second-order valence-corrected chi connectivity index (χ2v) is 4.43. The van der Waals surface area contributed by atoms with Crippen LogP contribution in [0.15, 0.2) is 30.3 Å². The van der Waals surface area contributed by atoms with E-state index >= 15 is 0 Å². The van der Waals surface area contributed by atoms with Crippen LogP contribution in [-0.2, 0) is 11.2 Å². The lowest BCUT2D eigenvalue weighted by molar-refractivity contribution is 0.0358. The van der Waals surface area contributed by atoms with Crippen molar-refractivity contribution in [3.63, 3.8) is 0 Å². The van der Waals surface area contributed by atoms with Crippen LogP contribution in [0.5, 0.6) is 0 Å². The molecule has 0 radical (unpaired) electrons. The number of hydrogen-bond donors (Lipinski definition) is 1. The number of nitrogens with one attached hydrogen (secondary N) is 1. The monoisotopic (exact) mass is 219 g/mol. The molecule has 0 amide bonds. The summed E-state index contributed by atoms with van der Waals surface area (Å²) in [6.07, 6.45) is 5.17. The maximum Gasteiger partial charge on any atom is 0.0699 e. The Labute approximate surface area is 98.0 Å². The quantitative estimate of drug-likeness (QED) is 0.768. The number of piperidine rings is 1. The van der Waals surface area contributed by atoms with E-state index in [4.69, 9.17) is 4.74 Å². The van der Waals surface area contributed by atoms with E-state index in [9.17, 15) is 0 Å². The highest BCUT2D eigenvalue weighted by atomic mass is 16.5. The Morgan fingerprint density at radius 3 is 2.88 bits per heavy atom. The molecule has 0 unspecified atom stereocenters. The molecule has 1 N–H and O–H groups in total. The van der Waals surface area contributed by atoms with Crippen LogP contribution in [0.25, 0.3) is 0 Å². The predicted molar refractivity (Wildman–Crippen MR) is 66.6 cm³/mol. The molecule has 0 aromatic heterocycles. The Morgan fingerprint density at radius 1 is 1.25 bits per heavy atom. The minimum atomic E-state index is 0.449. The Balaban J connectivity index is 1.58. The van der Waals surface area contributed by atoms with Crippen molar-refractivity contribution in [2.45, 2.75) is 31.8 Å². The van der Waals surface area contributed by atoms with Crippen molar-refractivity contribution in [2.75, 3.05) is 19.7 Å². The summed E-state index contributed by atoms with van der Waals surface area (Å²) in [5, 5.41) is 3.37. The highest BCUT2D eigenvalue weighted by Gasteiger charge is 2.12. The molecule has 1 heterocycles. The third-order valence-electron chi connectivity index (χ3n) is 3.06. The zero-order valence-electron chi connectivity index (χ0n) is 9.82. The van der Waals surface area contributed by atoms with Gasteiger partial charge >= 0.3 is 0 Å². The molecule has 2 nitrogen and oxygen atoms in total. The van der Waals surface area contributed by atoms with Crippen molar-refractivity contribution < 1.29 is 4.74 Å². The first kappa shape index (κ1) is 11.6. The zero-order chi connectivity index (χ0) is 11.1. The van der Waals surface area contributed by atoms with Gasteiger partial charge in [-0.2, -0.15) is 0 Å². The van der Waals surface area contributed by atoms with E-state index in [0.29, 0.717) is 6.10 Å². The molecule has 2 rings (SSSR count). The third-order valence-corrected chi connectivity index (χ3v) is 3.06. The Hall–Kier alpha value is -0.860. The molecular weight excluding hydrogens is 198 g/mol. The number of benzene rings is 1. The Bertz CT molecular complexity index is 280. The van der Waals surface area contributed by atoms with Gasteiger partial charge in [-0.3, -0.25) is 0 Å². The van der Waals surface area contributed by atoms with Gasteiger partial charge in [0.15, 0.2) is 0 Å². The van der Waals surface area contributed by atoms with Crippen LogP contribution in [0.2, 0.25) is 0 Å². The summed E-state index contributed by atoms with van der Waals surface area (Å²) < 4.78 is 5.84. The van der Waals surface area contributed by atoms with Crippen LogP contribution >= 0.6 is 0 Å². The fraction of sp³-hybridized carbons (Fsp3) is 0.571. The summed E-state index contributed by atoms with van der Waals surface area (Å²) in [6.45, 7) is 3.08. The molecule has 1 aliphatic rings. The first-order valence-corrected chi connectivity index (χ1v) is 6.31. The minimum absolute atomic E-state index is 0.449. The summed E-state index contributed by atoms with van der Waals surface area (Å²) in [4.78, 5) is 0. The maximum atomic E-state index is 5.84. The van der Waals surface area contributed by atoms with Crippen LogP contribution < -0.4 is 5.32 Å². The molecule has 1 aliphatic heterocycles. The van der Waals surface area contributed by atoms with E-state index in [1.807, 2.05) is 0 Å². The molecule has 1 aromatic rings. The average molecular weight is 219 g/mol. The lowest BCUT2D eigenvalue weighted by Crippen LogP contribution is -2.35. The fourth-order valence-corrected chi connectivity index (χ4v) is 2.13. The van der Waals surface area contributed by atoms with Crippen molar-refractivity contribution >= 4 is 0 Å². The lowest BCUT2D eigenvalue weighted by atomic mass is 10.1. The van der Waals surface area contributed by atoms with E-state index in [0.717, 1.165) is 32.5 Å². The van der Waals surface area contributed by atoms with E-state index in [1.54, 1.807) is 0 Å². The highest BCUT2D eigenvalue weighted by molar-refractivity contribution is 5.14. The average Bonchev–Trinajstić information content (AvgIpc) is 2.37. The van der Waals surface area contributed by atoms with Gasteiger partial charge in [-0.25, -0.2) is 0 Å². The predicted octanol–water partition coefficient (Wildman–Crippen LogP) is 2.39. The van der Waals surface area contributed by atoms with Crippen molar-refractivity contribution in [3.8, 4) is 0 Å². The van der Waals surface area contributed by atoms with E-state index in [1.165, 1.54) is 18.4 Å². The van der Waals surface area contributed by atoms with Crippen molar-refractivity contribution in [2.24, 2.45) is 0 Å². The molecular formula is C14H21NO. The molecule has 1 atom stereocenters. The standard InChI is InChI=1S/C14H21NO/c1-2-6-13(7-3-1)8-5-11-16-14-9-4-10-15-12-14/h1-3,6-7,14-15H,4-5,8-12H2/t14-/m1/s1. The van der Waals surface area contributed by atoms with Gasteiger partial charge in [0.25, 0.3) is 0 Å². The molecule has 1 aromatic carbocycles. The van der Waals surface area contributed by atoms with Gasteiger partial charge in [-0.15, -0.1) is 0 Å². The fourth-order valence-electron chi connectivity index (χ4n) is 2.13. The summed E-state index contributed by atoms with van der Waals surface area (Å²) >= 11 is 0. The van der Waals surface area contributed by atoms with E-state index in [2.05, 4.69) is 35.6 Å². The van der Waals surface area contributed by atoms with E-state index < -0.39 is 0 Å². The van der Waals surface area contributed by atoms with Crippen LogP contribution in [0.1, 0.15) is 24.8 Å². The third kappa shape index (κ3) is 3.95. The SMILES string of the molecule is c1ccc(CCCO[C@@H]2CCCNC2)cc1. The second-order valence-electron chi connectivity index (χ2n) is 4.43. The molecule has 2 heteroatoms. The molecule has 1 fully saturated rings. The van der Waals surface area contributed by atoms with Crippen LogP contribution in [0.4, 0.5) is 0 Å². The normalized spacial score (nSPS) is 20.9. The lowest BCUT2D eigenvalue weighted by Gasteiger charge is -2.23.